The molecule has 18 heteroatoms. The Morgan fingerprint density at radius 1 is 0.810 bits per heavy atom. The minimum Gasteiger partial charge on any atom is -0.480 e. The quantitative estimate of drug-likeness (QED) is 0.118. The van der Waals surface area contributed by atoms with Crippen molar-refractivity contribution in [3.05, 3.63) is 108 Å². The molecule has 58 heavy (non-hydrogen) atoms. The average molecular weight is 804 g/mol. The van der Waals surface area contributed by atoms with Gasteiger partial charge in [0.15, 0.2) is 0 Å². The Kier molecular flexibility index (Phi) is 12.2. The number of nitrogens with one attached hydrogen (secondary N) is 3. The molecule has 0 aliphatic heterocycles. The van der Waals surface area contributed by atoms with Gasteiger partial charge in [-0.2, -0.15) is 0 Å². The molecule has 0 saturated heterocycles. The maximum atomic E-state index is 14.4. The Labute approximate surface area is 329 Å². The second-order valence-corrected chi connectivity index (χ2v) is 14.1. The van der Waals surface area contributed by atoms with Crippen LogP contribution in [0.25, 0.3) is 22.1 Å². The van der Waals surface area contributed by atoms with E-state index in [4.69, 9.17) is 0 Å². The van der Waals surface area contributed by atoms with Crippen molar-refractivity contribution in [1.82, 2.24) is 35.1 Å². The van der Waals surface area contributed by atoms with E-state index in [0.717, 1.165) is 35.3 Å². The van der Waals surface area contributed by atoms with Crippen LogP contribution < -0.4 is 25.8 Å². The summed E-state index contributed by atoms with van der Waals surface area (Å²) in [7, 11) is 6.52. The lowest BCUT2D eigenvalue weighted by Gasteiger charge is -2.29. The van der Waals surface area contributed by atoms with Gasteiger partial charge in [0, 0.05) is 65.0 Å². The van der Waals surface area contributed by atoms with Crippen LogP contribution in [0.1, 0.15) is 18.4 Å². The highest BCUT2D eigenvalue weighted by atomic mass is 19.1. The Morgan fingerprint density at radius 3 is 1.90 bits per heavy atom. The number of anilines is 2. The van der Waals surface area contributed by atoms with E-state index in [1.54, 1.807) is 72.3 Å². The highest BCUT2D eigenvalue weighted by Gasteiger charge is 2.32. The second kappa shape index (κ2) is 17.3. The molecule has 2 heterocycles. The van der Waals surface area contributed by atoms with Crippen LogP contribution in [0.2, 0.25) is 0 Å². The highest BCUT2D eigenvalue weighted by Crippen LogP contribution is 2.27. The summed E-state index contributed by atoms with van der Waals surface area (Å²) in [6, 6.07) is 7.46. The van der Waals surface area contributed by atoms with Gasteiger partial charge in [0.1, 0.15) is 35.7 Å². The number of nitrogens with zero attached hydrogens (tertiary/aromatic N) is 6. The third-order valence-corrected chi connectivity index (χ3v) is 9.89. The number of carboxylic acids is 1. The molecule has 1 aliphatic carbocycles. The summed E-state index contributed by atoms with van der Waals surface area (Å²) < 4.78 is 60.6. The number of likely N-dealkylation sites (N-methyl/N-ethyl adjacent to an activating group) is 2. The van der Waals surface area contributed by atoms with Gasteiger partial charge in [-0.25, -0.2) is 32.3 Å². The largest absolute Gasteiger partial charge is 0.480 e. The standard InChI is InChI=1S/C40H41F4N9O5/c1-50-20-46-30-17-28(5-7-35(30)50)52(3)37(54)32(13-22-9-24(41)15-25(42)10-22)48-34(39(56)57)19-45-40(58)49-33(14-23-11-26(43)16-27(44)12-23)38(55)53(4)29-6-8-36-31(18-29)47-21-51(36)2/h5-9,11-12,15-18,20-21,25,32-34,48H,10,13-14,19H2,1-4H3,(H,56,57)(H2,45,49,58)/t25?,32-,33-,34?/m0/s1. The number of urea groups is 1. The molecule has 1 aliphatic rings. The normalized spacial score (nSPS) is 15.6. The van der Waals surface area contributed by atoms with E-state index in [9.17, 15) is 41.8 Å². The molecule has 304 valence electrons. The number of carbonyl (C=O) groups excluding carboxylic acids is 3. The first-order valence-corrected chi connectivity index (χ1v) is 18.1. The number of alkyl halides is 1. The monoisotopic (exact) mass is 803 g/mol. The van der Waals surface area contributed by atoms with Crippen molar-refractivity contribution in [2.45, 2.75) is 43.6 Å². The second-order valence-electron chi connectivity index (χ2n) is 14.1. The SMILES string of the molecule is CN(C(=O)[C@H](Cc1cc(F)cc(F)c1)NC(=O)NCC(N[C@@H](CC1=CC(F)=CC(F)C1)C(=O)N(C)c1ccc2c(c1)ncn2C)C(=O)O)c1ccc2c(c1)ncn2C. The molecule has 3 aromatic carbocycles. The topological polar surface area (TPSA) is 167 Å². The van der Waals surface area contributed by atoms with Crippen molar-refractivity contribution < 1.29 is 41.8 Å². The molecule has 4 N–H and O–H groups in total. The Morgan fingerprint density at radius 2 is 1.36 bits per heavy atom. The first kappa shape index (κ1) is 41.1. The molecule has 0 saturated carbocycles. The number of aromatic nitrogens is 4. The van der Waals surface area contributed by atoms with E-state index in [0.29, 0.717) is 28.5 Å². The molecule has 0 spiro atoms. The molecular formula is C40H41F4N9O5. The number of fused-ring (bicyclic) bond motifs is 2. The van der Waals surface area contributed by atoms with Crippen molar-refractivity contribution in [1.29, 1.82) is 0 Å². The number of carbonyl (C=O) groups is 4. The molecule has 4 atom stereocenters. The lowest BCUT2D eigenvalue weighted by atomic mass is 9.95. The number of benzene rings is 3. The van der Waals surface area contributed by atoms with Gasteiger partial charge in [0.05, 0.1) is 40.8 Å². The number of aryl methyl sites for hydroxylation is 2. The molecule has 2 aromatic heterocycles. The maximum absolute atomic E-state index is 14.4. The van der Waals surface area contributed by atoms with E-state index in [2.05, 4.69) is 25.9 Å². The van der Waals surface area contributed by atoms with Crippen LogP contribution in [-0.2, 0) is 34.9 Å². The summed E-state index contributed by atoms with van der Waals surface area (Å²) >= 11 is 0. The van der Waals surface area contributed by atoms with Crippen LogP contribution in [0.15, 0.2) is 90.8 Å². The zero-order valence-electron chi connectivity index (χ0n) is 31.9. The molecule has 0 radical (unpaired) electrons. The van der Waals surface area contributed by atoms with Crippen LogP contribution in [0.4, 0.5) is 33.7 Å². The van der Waals surface area contributed by atoms with E-state index in [-0.39, 0.29) is 30.4 Å². The fraction of sp³-hybridized carbons (Fsp3) is 0.300. The van der Waals surface area contributed by atoms with Gasteiger partial charge in [-0.1, -0.05) is 5.57 Å². The molecule has 5 aromatic rings. The first-order chi connectivity index (χ1) is 27.6. The number of hydrogen-bond acceptors (Lipinski definition) is 7. The smallest absolute Gasteiger partial charge is 0.322 e. The van der Waals surface area contributed by atoms with Crippen LogP contribution >= 0.6 is 0 Å². The van der Waals surface area contributed by atoms with E-state index in [1.807, 2.05) is 0 Å². The zero-order chi connectivity index (χ0) is 41.8. The first-order valence-electron chi connectivity index (χ1n) is 18.1. The van der Waals surface area contributed by atoms with Gasteiger partial charge in [0.2, 0.25) is 11.8 Å². The molecular weight excluding hydrogens is 762 g/mol. The Bertz CT molecular complexity index is 2430. The van der Waals surface area contributed by atoms with Crippen molar-refractivity contribution >= 4 is 57.3 Å². The van der Waals surface area contributed by atoms with E-state index >= 15 is 0 Å². The van der Waals surface area contributed by atoms with Crippen LogP contribution in [-0.4, -0.2) is 93.0 Å². The summed E-state index contributed by atoms with van der Waals surface area (Å²) in [5.41, 5.74) is 3.86. The summed E-state index contributed by atoms with van der Waals surface area (Å²) in [4.78, 5) is 65.0. The fourth-order valence-corrected chi connectivity index (χ4v) is 6.82. The fourth-order valence-electron chi connectivity index (χ4n) is 6.82. The lowest BCUT2D eigenvalue weighted by Crippen LogP contribution is -2.57. The zero-order valence-corrected chi connectivity index (χ0v) is 31.9. The third kappa shape index (κ3) is 9.51. The molecule has 0 bridgehead atoms. The number of allylic oxidation sites excluding steroid dienone is 3. The summed E-state index contributed by atoms with van der Waals surface area (Å²) in [5, 5.41) is 17.9. The lowest BCUT2D eigenvalue weighted by molar-refractivity contribution is -0.139. The van der Waals surface area contributed by atoms with Crippen LogP contribution in [0, 0.1) is 11.6 Å². The number of carboxylic acid groups (broad SMARTS) is 1. The number of amides is 4. The van der Waals surface area contributed by atoms with Crippen molar-refractivity contribution in [3.8, 4) is 0 Å². The van der Waals surface area contributed by atoms with E-state index < -0.39 is 72.1 Å². The number of hydrogen-bond donors (Lipinski definition) is 4. The maximum Gasteiger partial charge on any atom is 0.322 e. The molecule has 14 nitrogen and oxygen atoms in total. The summed E-state index contributed by atoms with van der Waals surface area (Å²) in [6.45, 7) is -0.630. The minimum atomic E-state index is -1.66. The third-order valence-electron chi connectivity index (χ3n) is 9.89. The molecule has 0 fully saturated rings. The highest BCUT2D eigenvalue weighted by molar-refractivity contribution is 6.00. The van der Waals surface area contributed by atoms with Crippen LogP contribution in [0.5, 0.6) is 0 Å². The number of rotatable bonds is 14. The van der Waals surface area contributed by atoms with Gasteiger partial charge < -0.3 is 34.7 Å². The van der Waals surface area contributed by atoms with Gasteiger partial charge in [-0.3, -0.25) is 19.7 Å². The average Bonchev–Trinajstić information content (AvgIpc) is 3.74. The van der Waals surface area contributed by atoms with Crippen LogP contribution in [0.3, 0.4) is 0 Å². The minimum absolute atomic E-state index is 0.0568. The Balaban J connectivity index is 1.20. The van der Waals surface area contributed by atoms with Gasteiger partial charge in [0.25, 0.3) is 0 Å². The summed E-state index contributed by atoms with van der Waals surface area (Å²) in [6.07, 6.45) is 2.59. The number of imidazole rings is 2. The van der Waals surface area contributed by atoms with Crippen molar-refractivity contribution in [2.24, 2.45) is 14.1 Å². The number of halogens is 4. The number of aliphatic carboxylic acids is 1. The van der Waals surface area contributed by atoms with E-state index in [1.165, 1.54) is 23.9 Å². The molecule has 2 unspecified atom stereocenters. The summed E-state index contributed by atoms with van der Waals surface area (Å²) in [5.74, 6) is -5.42. The van der Waals surface area contributed by atoms with Crippen molar-refractivity contribution in [3.63, 3.8) is 0 Å². The van der Waals surface area contributed by atoms with Gasteiger partial charge in [-0.05, 0) is 72.7 Å². The van der Waals surface area contributed by atoms with Gasteiger partial charge >= 0.3 is 12.0 Å². The Hall–Kier alpha value is -6.56. The van der Waals surface area contributed by atoms with Crippen molar-refractivity contribution in [2.75, 3.05) is 30.4 Å². The molecule has 6 rings (SSSR count). The predicted molar refractivity (Wildman–Crippen MR) is 208 cm³/mol. The van der Waals surface area contributed by atoms with Gasteiger partial charge in [-0.15, -0.1) is 0 Å². The predicted octanol–water partition coefficient (Wildman–Crippen LogP) is 4.60. The molecule has 4 amide bonds.